The minimum absolute atomic E-state index is 0. The standard InChI is InChI=1S/Cr.6H2O.2Zn/h;6*1H2;;/q;;;;;;;;+2/p-2. The normalized spacial score (nSPS) is 0. The van der Waals surface area contributed by atoms with Crippen LogP contribution in [0.2, 0.25) is 0 Å². The van der Waals surface area contributed by atoms with Gasteiger partial charge in [0, 0.05) is 36.8 Å². The molecule has 0 aliphatic heterocycles. The second kappa shape index (κ2) is 294. The van der Waals surface area contributed by atoms with E-state index >= 15 is 0 Å². The van der Waals surface area contributed by atoms with Gasteiger partial charge in [-0.3, -0.25) is 0 Å². The fourth-order valence-electron chi connectivity index (χ4n) is 0. The Morgan fingerprint density at radius 1 is 0.556 bits per heavy atom. The molecule has 0 atom stereocenters. The average molecular weight is 289 g/mol. The smallest absolute Gasteiger partial charge is 0.870 e. The van der Waals surface area contributed by atoms with E-state index in [1.807, 2.05) is 0 Å². The first-order valence-corrected chi connectivity index (χ1v) is 0. The van der Waals surface area contributed by atoms with Crippen LogP contribution in [0.1, 0.15) is 0 Å². The Labute approximate surface area is 88.9 Å². The van der Waals surface area contributed by atoms with Crippen LogP contribution in [0.3, 0.4) is 0 Å². The van der Waals surface area contributed by atoms with E-state index in [1.165, 1.54) is 0 Å². The van der Waals surface area contributed by atoms with E-state index < -0.39 is 0 Å². The van der Waals surface area contributed by atoms with Gasteiger partial charge in [0.05, 0.1) is 0 Å². The summed E-state index contributed by atoms with van der Waals surface area (Å²) >= 11 is 0. The van der Waals surface area contributed by atoms with Crippen molar-refractivity contribution < 1.29 is 89.2 Å². The Hall–Kier alpha value is 1.54. The third-order valence-corrected chi connectivity index (χ3v) is 0. The van der Waals surface area contributed by atoms with E-state index in [4.69, 9.17) is 0 Å². The van der Waals surface area contributed by atoms with Crippen LogP contribution >= 0.6 is 0 Å². The topological polar surface area (TPSA) is 186 Å². The van der Waals surface area contributed by atoms with Crippen molar-refractivity contribution >= 4 is 0 Å². The van der Waals surface area contributed by atoms with Gasteiger partial charge in [-0.1, -0.05) is 0 Å². The fourth-order valence-corrected chi connectivity index (χ4v) is 0. The van der Waals surface area contributed by atoms with Gasteiger partial charge in [0.15, 0.2) is 0 Å². The molecule has 9 heavy (non-hydrogen) atoms. The van der Waals surface area contributed by atoms with Crippen molar-refractivity contribution in [1.82, 2.24) is 0 Å². The molecular formula is H10CrO6Zn2. The first-order chi connectivity index (χ1) is 0. The second-order valence-electron chi connectivity index (χ2n) is 0. The molecule has 6 nitrogen and oxygen atoms in total. The van der Waals surface area contributed by atoms with Gasteiger partial charge >= 0.3 is 19.5 Å². The maximum Gasteiger partial charge on any atom is 2.00 e. The van der Waals surface area contributed by atoms with Crippen LogP contribution in [0, 0.1) is 0 Å². The van der Waals surface area contributed by atoms with Crippen molar-refractivity contribution in [2.45, 2.75) is 0 Å². The zero-order chi connectivity index (χ0) is 0. The van der Waals surface area contributed by atoms with Crippen LogP contribution in [0.25, 0.3) is 0 Å². The van der Waals surface area contributed by atoms with E-state index in [9.17, 15) is 0 Å². The van der Waals surface area contributed by atoms with Crippen molar-refractivity contribution in [3.05, 3.63) is 0 Å². The molecule has 0 heterocycles. The Morgan fingerprint density at radius 3 is 0.556 bits per heavy atom. The van der Waals surface area contributed by atoms with Crippen molar-refractivity contribution in [2.75, 3.05) is 0 Å². The summed E-state index contributed by atoms with van der Waals surface area (Å²) in [7, 11) is 0. The molecule has 0 fully saturated rings. The summed E-state index contributed by atoms with van der Waals surface area (Å²) in [6.07, 6.45) is 0. The molecule has 0 aliphatic rings. The van der Waals surface area contributed by atoms with E-state index in [0.29, 0.717) is 0 Å². The molecule has 0 bridgehead atoms. The molecule has 0 saturated carbocycles. The second-order valence-corrected chi connectivity index (χ2v) is 0. The van der Waals surface area contributed by atoms with Gasteiger partial charge in [0.25, 0.3) is 0 Å². The van der Waals surface area contributed by atoms with Gasteiger partial charge in [-0.25, -0.2) is 0 Å². The summed E-state index contributed by atoms with van der Waals surface area (Å²) in [6.45, 7) is 0. The summed E-state index contributed by atoms with van der Waals surface area (Å²) in [6, 6.07) is 0. The van der Waals surface area contributed by atoms with Crippen molar-refractivity contribution in [2.24, 2.45) is 0 Å². The molecule has 0 spiro atoms. The van der Waals surface area contributed by atoms with Crippen molar-refractivity contribution in [3.8, 4) is 0 Å². The van der Waals surface area contributed by atoms with E-state index in [1.54, 1.807) is 0 Å². The molecule has 0 amide bonds. The number of rotatable bonds is 0. The minimum atomic E-state index is 0. The molecule has 0 aliphatic carbocycles. The van der Waals surface area contributed by atoms with Crippen LogP contribution in [-0.2, 0) is 56.3 Å². The summed E-state index contributed by atoms with van der Waals surface area (Å²) in [5.41, 5.74) is 0. The zero-order valence-corrected chi connectivity index (χ0v) is 11.9. The summed E-state index contributed by atoms with van der Waals surface area (Å²) < 4.78 is 0. The molecule has 0 aromatic rings. The Kier molecular flexibility index (Phi) is 13200. The molecule has 0 aromatic carbocycles. The van der Waals surface area contributed by atoms with Crippen LogP contribution in [0.5, 0.6) is 0 Å². The largest absolute Gasteiger partial charge is 2.00 e. The van der Waals surface area contributed by atoms with Gasteiger partial charge in [-0.05, 0) is 0 Å². The van der Waals surface area contributed by atoms with E-state index in [-0.39, 0.29) is 89.2 Å². The summed E-state index contributed by atoms with van der Waals surface area (Å²) in [4.78, 5) is 0. The summed E-state index contributed by atoms with van der Waals surface area (Å²) in [5, 5.41) is 0. The molecule has 56 valence electrons. The van der Waals surface area contributed by atoms with E-state index in [0.717, 1.165) is 0 Å². The average Bonchev–Trinajstić information content (AvgIpc) is 0. The van der Waals surface area contributed by atoms with Gasteiger partial charge in [-0.2, -0.15) is 0 Å². The molecule has 0 radical (unpaired) electrons. The van der Waals surface area contributed by atoms with Crippen LogP contribution in [0.15, 0.2) is 0 Å². The molecule has 0 aromatic heterocycles. The monoisotopic (exact) mass is 286 g/mol. The van der Waals surface area contributed by atoms with Gasteiger partial charge in [0.2, 0.25) is 0 Å². The third-order valence-electron chi connectivity index (χ3n) is 0. The third kappa shape index (κ3) is 229. The summed E-state index contributed by atoms with van der Waals surface area (Å²) in [5.74, 6) is 0. The van der Waals surface area contributed by atoms with Crippen LogP contribution < -0.4 is 0 Å². The molecular weight excluding hydrogens is 279 g/mol. The number of hydrogen-bond acceptors (Lipinski definition) is 2. The number of hydrogen-bond donors (Lipinski definition) is 0. The maximum atomic E-state index is 0. The fraction of sp³-hybridized carbons (Fsp3) is 0. The van der Waals surface area contributed by atoms with Gasteiger partial charge in [-0.15, -0.1) is 0 Å². The van der Waals surface area contributed by atoms with Gasteiger partial charge < -0.3 is 32.9 Å². The molecule has 0 rings (SSSR count). The van der Waals surface area contributed by atoms with Gasteiger partial charge in [0.1, 0.15) is 0 Å². The first kappa shape index (κ1) is 405. The van der Waals surface area contributed by atoms with Crippen molar-refractivity contribution in [3.63, 3.8) is 0 Å². The predicted molar refractivity (Wildman–Crippen MR) is 18.3 cm³/mol. The SMILES string of the molecule is O.O.O.O.[Cr].[OH-].[OH-].[Zn+2].[Zn]. The predicted octanol–water partition coefficient (Wildman–Crippen LogP) is -3.66. The zero-order valence-electron chi connectivity index (χ0n) is 4.72. The van der Waals surface area contributed by atoms with Crippen LogP contribution in [0.4, 0.5) is 0 Å². The molecule has 10 N–H and O–H groups in total. The first-order valence-electron chi connectivity index (χ1n) is 0. The molecule has 9 heteroatoms. The maximum absolute atomic E-state index is 0. The Morgan fingerprint density at radius 2 is 0.556 bits per heavy atom. The Balaban J connectivity index is 0. The Bertz CT molecular complexity index is 11.0. The van der Waals surface area contributed by atoms with Crippen molar-refractivity contribution in [1.29, 1.82) is 0 Å². The minimum Gasteiger partial charge on any atom is -0.870 e. The molecule has 0 saturated heterocycles. The van der Waals surface area contributed by atoms with Crippen LogP contribution in [-0.4, -0.2) is 32.9 Å². The molecule has 0 unspecified atom stereocenters. The quantitative estimate of drug-likeness (QED) is 0.416. The van der Waals surface area contributed by atoms with E-state index in [2.05, 4.69) is 0 Å².